The molecule has 0 saturated heterocycles. The zero-order chi connectivity index (χ0) is 12.5. The summed E-state index contributed by atoms with van der Waals surface area (Å²) in [5.41, 5.74) is 0.893. The molecule has 0 bridgehead atoms. The van der Waals surface area contributed by atoms with Gasteiger partial charge in [0.15, 0.2) is 11.5 Å². The number of fused-ring (bicyclic) bond motifs is 1. The van der Waals surface area contributed by atoms with Crippen molar-refractivity contribution < 1.29 is 4.74 Å². The van der Waals surface area contributed by atoms with Crippen LogP contribution in [0.15, 0.2) is 24.4 Å². The molecule has 2 heterocycles. The normalized spacial score (nSPS) is 25.0. The van der Waals surface area contributed by atoms with Crippen molar-refractivity contribution in [3.8, 4) is 0 Å². The first-order valence-electron chi connectivity index (χ1n) is 6.36. The largest absolute Gasteiger partial charge is 0.381 e. The van der Waals surface area contributed by atoms with Gasteiger partial charge in [-0.3, -0.25) is 4.40 Å². The molecule has 0 spiro atoms. The summed E-state index contributed by atoms with van der Waals surface area (Å²) in [6.45, 7) is 2.13. The molecule has 1 N–H and O–H groups in total. The van der Waals surface area contributed by atoms with Gasteiger partial charge in [-0.1, -0.05) is 6.07 Å². The second-order valence-corrected chi connectivity index (χ2v) is 4.90. The minimum Gasteiger partial charge on any atom is -0.381 e. The predicted octanol–water partition coefficient (Wildman–Crippen LogP) is 1.56. The van der Waals surface area contributed by atoms with Gasteiger partial charge in [-0.25, -0.2) is 0 Å². The van der Waals surface area contributed by atoms with Crippen molar-refractivity contribution in [2.75, 3.05) is 7.11 Å². The minimum absolute atomic E-state index is 0.199. The molecular weight excluding hydrogens is 228 g/mol. The molecule has 3 rings (SSSR count). The summed E-state index contributed by atoms with van der Waals surface area (Å²) in [5.74, 6) is 0.964. The van der Waals surface area contributed by atoms with E-state index < -0.39 is 0 Å². The lowest BCUT2D eigenvalue weighted by Crippen LogP contribution is -2.46. The van der Waals surface area contributed by atoms with Gasteiger partial charge >= 0.3 is 0 Å². The van der Waals surface area contributed by atoms with Crippen LogP contribution in [0.2, 0.25) is 0 Å². The monoisotopic (exact) mass is 246 g/mol. The molecular formula is C13H18N4O. The maximum atomic E-state index is 5.29. The van der Waals surface area contributed by atoms with Crippen molar-refractivity contribution in [2.24, 2.45) is 0 Å². The number of pyridine rings is 1. The minimum atomic E-state index is 0.199. The van der Waals surface area contributed by atoms with E-state index in [9.17, 15) is 0 Å². The summed E-state index contributed by atoms with van der Waals surface area (Å²) >= 11 is 0. The molecule has 96 valence electrons. The average Bonchev–Trinajstić information content (AvgIpc) is 2.76. The van der Waals surface area contributed by atoms with Crippen LogP contribution in [0.5, 0.6) is 0 Å². The molecule has 2 aromatic heterocycles. The first-order chi connectivity index (χ1) is 8.78. The van der Waals surface area contributed by atoms with Crippen molar-refractivity contribution in [2.45, 2.75) is 38.0 Å². The molecule has 0 amide bonds. The Labute approximate surface area is 106 Å². The number of nitrogens with one attached hydrogen (secondary N) is 1. The number of nitrogens with zero attached hydrogens (tertiary/aromatic N) is 3. The second kappa shape index (κ2) is 4.66. The van der Waals surface area contributed by atoms with Crippen LogP contribution in [0.3, 0.4) is 0 Å². The fourth-order valence-electron chi connectivity index (χ4n) is 2.48. The molecule has 0 aliphatic heterocycles. The molecule has 0 aromatic carbocycles. The van der Waals surface area contributed by atoms with E-state index in [4.69, 9.17) is 4.74 Å². The third-order valence-corrected chi connectivity index (χ3v) is 3.64. The SMILES string of the molecule is COC1CC(NC(C)c2nnc3ccccn23)C1. The Bertz CT molecular complexity index is 533. The zero-order valence-corrected chi connectivity index (χ0v) is 10.7. The molecule has 1 aliphatic rings. The standard InChI is InChI=1S/C13H18N4O/c1-9(14-10-7-11(8-10)18-2)13-16-15-12-5-3-4-6-17(12)13/h3-6,9-11,14H,7-8H2,1-2H3. The Balaban J connectivity index is 1.71. The van der Waals surface area contributed by atoms with E-state index in [1.165, 1.54) is 0 Å². The molecule has 1 fully saturated rings. The Morgan fingerprint density at radius 3 is 3.00 bits per heavy atom. The van der Waals surface area contributed by atoms with E-state index in [2.05, 4.69) is 22.4 Å². The van der Waals surface area contributed by atoms with E-state index in [1.54, 1.807) is 7.11 Å². The van der Waals surface area contributed by atoms with E-state index >= 15 is 0 Å². The van der Waals surface area contributed by atoms with Crippen LogP contribution < -0.4 is 5.32 Å². The van der Waals surface area contributed by atoms with Crippen molar-refractivity contribution in [1.82, 2.24) is 19.9 Å². The topological polar surface area (TPSA) is 51.5 Å². The summed E-state index contributed by atoms with van der Waals surface area (Å²) in [7, 11) is 1.77. The molecule has 1 atom stereocenters. The molecule has 1 aliphatic carbocycles. The lowest BCUT2D eigenvalue weighted by molar-refractivity contribution is 0.0144. The highest BCUT2D eigenvalue weighted by atomic mass is 16.5. The van der Waals surface area contributed by atoms with Crippen molar-refractivity contribution >= 4 is 5.65 Å². The molecule has 5 nitrogen and oxygen atoms in total. The number of hydrogen-bond acceptors (Lipinski definition) is 4. The summed E-state index contributed by atoms with van der Waals surface area (Å²) in [5, 5.41) is 12.0. The highest BCUT2D eigenvalue weighted by Crippen LogP contribution is 2.25. The number of methoxy groups -OCH3 is 1. The quantitative estimate of drug-likeness (QED) is 0.889. The number of ether oxygens (including phenoxy) is 1. The van der Waals surface area contributed by atoms with E-state index in [0.717, 1.165) is 24.3 Å². The van der Waals surface area contributed by atoms with E-state index in [-0.39, 0.29) is 6.04 Å². The van der Waals surface area contributed by atoms with E-state index in [1.807, 2.05) is 28.8 Å². The second-order valence-electron chi connectivity index (χ2n) is 4.90. The van der Waals surface area contributed by atoms with Crippen molar-refractivity contribution in [3.63, 3.8) is 0 Å². The van der Waals surface area contributed by atoms with Gasteiger partial charge in [0.25, 0.3) is 0 Å². The fourth-order valence-corrected chi connectivity index (χ4v) is 2.48. The highest BCUT2D eigenvalue weighted by molar-refractivity contribution is 5.37. The van der Waals surface area contributed by atoms with Gasteiger partial charge in [0.1, 0.15) is 0 Å². The summed E-state index contributed by atoms with van der Waals surface area (Å²) in [6, 6.07) is 6.66. The Morgan fingerprint density at radius 2 is 2.22 bits per heavy atom. The smallest absolute Gasteiger partial charge is 0.160 e. The van der Waals surface area contributed by atoms with Gasteiger partial charge in [-0.05, 0) is 31.9 Å². The maximum Gasteiger partial charge on any atom is 0.160 e. The Kier molecular flexibility index (Phi) is 3.01. The fraction of sp³-hybridized carbons (Fsp3) is 0.538. The molecule has 18 heavy (non-hydrogen) atoms. The van der Waals surface area contributed by atoms with Gasteiger partial charge in [0.05, 0.1) is 12.1 Å². The van der Waals surface area contributed by atoms with Crippen molar-refractivity contribution in [1.29, 1.82) is 0 Å². The third kappa shape index (κ3) is 2.00. The first-order valence-corrected chi connectivity index (χ1v) is 6.36. The lowest BCUT2D eigenvalue weighted by Gasteiger charge is -2.36. The van der Waals surface area contributed by atoms with Crippen LogP contribution in [0.1, 0.15) is 31.6 Å². The number of aromatic nitrogens is 3. The van der Waals surface area contributed by atoms with Crippen LogP contribution in [0.4, 0.5) is 0 Å². The van der Waals surface area contributed by atoms with Gasteiger partial charge in [0.2, 0.25) is 0 Å². The number of rotatable bonds is 4. The molecule has 1 unspecified atom stereocenters. The molecule has 5 heteroatoms. The van der Waals surface area contributed by atoms with Crippen LogP contribution in [0, 0.1) is 0 Å². The summed E-state index contributed by atoms with van der Waals surface area (Å²) in [6.07, 6.45) is 4.58. The van der Waals surface area contributed by atoms with Crippen LogP contribution in [0.25, 0.3) is 5.65 Å². The molecule has 0 radical (unpaired) electrons. The zero-order valence-electron chi connectivity index (χ0n) is 10.7. The van der Waals surface area contributed by atoms with E-state index in [0.29, 0.717) is 12.1 Å². The highest BCUT2D eigenvalue weighted by Gasteiger charge is 2.30. The van der Waals surface area contributed by atoms with Crippen LogP contribution in [-0.4, -0.2) is 33.9 Å². The van der Waals surface area contributed by atoms with Crippen LogP contribution >= 0.6 is 0 Å². The Morgan fingerprint density at radius 1 is 1.39 bits per heavy atom. The van der Waals surface area contributed by atoms with Gasteiger partial charge in [0, 0.05) is 19.3 Å². The average molecular weight is 246 g/mol. The van der Waals surface area contributed by atoms with Crippen LogP contribution in [-0.2, 0) is 4.74 Å². The Hall–Kier alpha value is -1.46. The van der Waals surface area contributed by atoms with Gasteiger partial charge in [-0.15, -0.1) is 10.2 Å². The van der Waals surface area contributed by atoms with Gasteiger partial charge < -0.3 is 10.1 Å². The number of hydrogen-bond donors (Lipinski definition) is 1. The lowest BCUT2D eigenvalue weighted by atomic mass is 9.88. The summed E-state index contributed by atoms with van der Waals surface area (Å²) < 4.78 is 7.32. The van der Waals surface area contributed by atoms with Gasteiger partial charge in [-0.2, -0.15) is 0 Å². The van der Waals surface area contributed by atoms with Crippen molar-refractivity contribution in [3.05, 3.63) is 30.2 Å². The molecule has 2 aromatic rings. The molecule has 1 saturated carbocycles. The maximum absolute atomic E-state index is 5.29. The predicted molar refractivity (Wildman–Crippen MR) is 68.4 cm³/mol. The summed E-state index contributed by atoms with van der Waals surface area (Å²) in [4.78, 5) is 0. The first kappa shape index (κ1) is 11.6. The third-order valence-electron chi connectivity index (χ3n) is 3.64.